The van der Waals surface area contributed by atoms with Gasteiger partial charge in [-0.05, 0) is 31.3 Å². The lowest BCUT2D eigenvalue weighted by atomic mass is 10.3. The van der Waals surface area contributed by atoms with Crippen molar-refractivity contribution in [2.75, 3.05) is 19.0 Å². The molecule has 0 aliphatic carbocycles. The third kappa shape index (κ3) is 2.14. The zero-order valence-corrected chi connectivity index (χ0v) is 11.7. The maximum atomic E-state index is 4.76. The van der Waals surface area contributed by atoms with Crippen molar-refractivity contribution in [1.82, 2.24) is 14.7 Å². The number of para-hydroxylation sites is 1. The number of benzene rings is 1. The van der Waals surface area contributed by atoms with Crippen molar-refractivity contribution in [3.8, 4) is 0 Å². The van der Waals surface area contributed by atoms with Crippen molar-refractivity contribution in [3.05, 3.63) is 60.4 Å². The smallest absolute Gasteiger partial charge is 0.156 e. The summed E-state index contributed by atoms with van der Waals surface area (Å²) in [5, 5.41) is 3.22. The number of nitrogens with zero attached hydrogens (tertiary/aromatic N) is 3. The van der Waals surface area contributed by atoms with Gasteiger partial charge in [-0.3, -0.25) is 0 Å². The third-order valence-electron chi connectivity index (χ3n) is 3.41. The Balaban J connectivity index is 2.12. The number of pyridine rings is 1. The van der Waals surface area contributed by atoms with Gasteiger partial charge < -0.3 is 14.6 Å². The molecule has 3 rings (SSSR count). The number of anilines is 2. The second kappa shape index (κ2) is 5.35. The van der Waals surface area contributed by atoms with Crippen LogP contribution in [0.1, 0.15) is 5.69 Å². The number of fused-ring (bicyclic) bond motifs is 1. The fourth-order valence-electron chi connectivity index (χ4n) is 2.41. The molecule has 0 fully saturated rings. The zero-order chi connectivity index (χ0) is 13.9. The van der Waals surface area contributed by atoms with Crippen LogP contribution in [0.4, 0.5) is 11.5 Å². The molecule has 102 valence electrons. The fourth-order valence-corrected chi connectivity index (χ4v) is 2.41. The second-order valence-corrected chi connectivity index (χ2v) is 4.74. The molecule has 0 amide bonds. The van der Waals surface area contributed by atoms with E-state index in [0.29, 0.717) is 0 Å². The summed E-state index contributed by atoms with van der Waals surface area (Å²) < 4.78 is 2.13. The van der Waals surface area contributed by atoms with Crippen LogP contribution in [-0.2, 0) is 6.54 Å². The summed E-state index contributed by atoms with van der Waals surface area (Å²) in [7, 11) is 4.00. The summed E-state index contributed by atoms with van der Waals surface area (Å²) in [6, 6.07) is 16.4. The molecular weight excluding hydrogens is 248 g/mol. The minimum atomic E-state index is 0.775. The maximum Gasteiger partial charge on any atom is 0.156 e. The van der Waals surface area contributed by atoms with Crippen LogP contribution in [0, 0.1) is 0 Å². The normalized spacial score (nSPS) is 10.9. The molecule has 0 saturated heterocycles. The van der Waals surface area contributed by atoms with Crippen LogP contribution in [0.15, 0.2) is 54.7 Å². The van der Waals surface area contributed by atoms with E-state index >= 15 is 0 Å². The van der Waals surface area contributed by atoms with Gasteiger partial charge in [-0.1, -0.05) is 24.3 Å². The lowest BCUT2D eigenvalue weighted by Crippen LogP contribution is -2.15. The van der Waals surface area contributed by atoms with Gasteiger partial charge in [-0.25, -0.2) is 4.98 Å². The molecule has 0 aliphatic heterocycles. The van der Waals surface area contributed by atoms with Crippen LogP contribution in [0.3, 0.4) is 0 Å². The number of rotatable bonds is 4. The average molecular weight is 266 g/mol. The second-order valence-electron chi connectivity index (χ2n) is 4.74. The molecule has 0 spiro atoms. The van der Waals surface area contributed by atoms with E-state index in [1.54, 1.807) is 0 Å². The van der Waals surface area contributed by atoms with Crippen molar-refractivity contribution < 1.29 is 0 Å². The largest absolute Gasteiger partial charge is 0.328 e. The Bertz CT molecular complexity index is 703. The van der Waals surface area contributed by atoms with Crippen molar-refractivity contribution in [3.63, 3.8) is 0 Å². The van der Waals surface area contributed by atoms with E-state index in [-0.39, 0.29) is 0 Å². The van der Waals surface area contributed by atoms with E-state index in [4.69, 9.17) is 4.98 Å². The molecule has 0 aliphatic rings. The van der Waals surface area contributed by atoms with Gasteiger partial charge in [-0.2, -0.15) is 0 Å². The molecule has 1 aromatic carbocycles. The summed E-state index contributed by atoms with van der Waals surface area (Å²) in [6.45, 7) is 0.775. The first kappa shape index (κ1) is 12.7. The molecule has 0 bridgehead atoms. The molecule has 0 radical (unpaired) electrons. The fraction of sp³-hybridized carbons (Fsp3) is 0.188. The Kier molecular flexibility index (Phi) is 3.39. The van der Waals surface area contributed by atoms with E-state index in [2.05, 4.69) is 40.0 Å². The first-order valence-electron chi connectivity index (χ1n) is 6.70. The lowest BCUT2D eigenvalue weighted by molar-refractivity contribution is 0.780. The summed E-state index contributed by atoms with van der Waals surface area (Å²) in [4.78, 5) is 6.88. The molecule has 4 heteroatoms. The summed E-state index contributed by atoms with van der Waals surface area (Å²) in [5.41, 5.74) is 3.26. The van der Waals surface area contributed by atoms with Crippen LogP contribution >= 0.6 is 0 Å². The summed E-state index contributed by atoms with van der Waals surface area (Å²) in [6.07, 6.45) is 2.05. The Morgan fingerprint density at radius 3 is 2.60 bits per heavy atom. The van der Waals surface area contributed by atoms with Gasteiger partial charge in [0.1, 0.15) is 5.65 Å². The van der Waals surface area contributed by atoms with Gasteiger partial charge in [0.05, 0.1) is 5.69 Å². The van der Waals surface area contributed by atoms with Crippen LogP contribution in [0.5, 0.6) is 0 Å². The quantitative estimate of drug-likeness (QED) is 0.788. The number of imidazole rings is 1. The van der Waals surface area contributed by atoms with Gasteiger partial charge in [-0.15, -0.1) is 0 Å². The monoisotopic (exact) mass is 266 g/mol. The first-order chi connectivity index (χ1) is 9.81. The van der Waals surface area contributed by atoms with Crippen LogP contribution in [0.25, 0.3) is 5.65 Å². The first-order valence-corrected chi connectivity index (χ1v) is 6.70. The van der Waals surface area contributed by atoms with Gasteiger partial charge in [0, 0.05) is 25.5 Å². The van der Waals surface area contributed by atoms with Gasteiger partial charge in [0.2, 0.25) is 0 Å². The van der Waals surface area contributed by atoms with Crippen molar-refractivity contribution >= 4 is 17.2 Å². The molecule has 0 saturated carbocycles. The molecule has 3 aromatic rings. The minimum Gasteiger partial charge on any atom is -0.328 e. The average Bonchev–Trinajstić information content (AvgIpc) is 2.87. The number of nitrogens with one attached hydrogen (secondary N) is 1. The zero-order valence-electron chi connectivity index (χ0n) is 11.7. The van der Waals surface area contributed by atoms with Crippen LogP contribution in [-0.4, -0.2) is 23.5 Å². The van der Waals surface area contributed by atoms with E-state index in [1.807, 2.05) is 43.4 Å². The Hall–Kier alpha value is -2.33. The Labute approximate surface area is 118 Å². The molecule has 2 heterocycles. The number of aromatic nitrogens is 2. The van der Waals surface area contributed by atoms with E-state index in [0.717, 1.165) is 29.4 Å². The molecular formula is C16H18N4. The molecule has 0 unspecified atom stereocenters. The predicted molar refractivity (Wildman–Crippen MR) is 82.5 cm³/mol. The molecule has 0 atom stereocenters. The molecule has 1 N–H and O–H groups in total. The summed E-state index contributed by atoms with van der Waals surface area (Å²) >= 11 is 0. The molecule has 2 aromatic heterocycles. The highest BCUT2D eigenvalue weighted by atomic mass is 15.2. The van der Waals surface area contributed by atoms with Crippen molar-refractivity contribution in [2.45, 2.75) is 6.54 Å². The van der Waals surface area contributed by atoms with Crippen LogP contribution < -0.4 is 10.2 Å². The van der Waals surface area contributed by atoms with Gasteiger partial charge in [0.25, 0.3) is 0 Å². The molecule has 4 nitrogen and oxygen atoms in total. The number of hydrogen-bond acceptors (Lipinski definition) is 3. The maximum absolute atomic E-state index is 4.76. The van der Waals surface area contributed by atoms with Crippen molar-refractivity contribution in [2.24, 2.45) is 0 Å². The Morgan fingerprint density at radius 1 is 1.10 bits per heavy atom. The van der Waals surface area contributed by atoms with E-state index in [9.17, 15) is 0 Å². The minimum absolute atomic E-state index is 0.775. The highest BCUT2D eigenvalue weighted by Gasteiger charge is 2.15. The van der Waals surface area contributed by atoms with Crippen molar-refractivity contribution in [1.29, 1.82) is 0 Å². The van der Waals surface area contributed by atoms with Crippen LogP contribution in [0.2, 0.25) is 0 Å². The van der Waals surface area contributed by atoms with Gasteiger partial charge in [0.15, 0.2) is 5.82 Å². The highest BCUT2D eigenvalue weighted by Crippen LogP contribution is 2.27. The van der Waals surface area contributed by atoms with Gasteiger partial charge >= 0.3 is 0 Å². The topological polar surface area (TPSA) is 32.6 Å². The lowest BCUT2D eigenvalue weighted by Gasteiger charge is -2.18. The number of hydrogen-bond donors (Lipinski definition) is 1. The Morgan fingerprint density at radius 2 is 1.85 bits per heavy atom. The predicted octanol–water partition coefficient (Wildman–Crippen LogP) is 2.82. The highest BCUT2D eigenvalue weighted by molar-refractivity contribution is 5.65. The SMILES string of the molecule is CNCc1c(N(C)c2ccccc2)nc2ccccn12. The van der Waals surface area contributed by atoms with E-state index in [1.165, 1.54) is 0 Å². The standard InChI is InChI=1S/C16H18N4/c1-17-12-14-16(18-15-10-6-7-11-20(14)15)19(2)13-8-4-3-5-9-13/h3-11,17H,12H2,1-2H3. The summed E-state index contributed by atoms with van der Waals surface area (Å²) in [5.74, 6) is 0.983. The van der Waals surface area contributed by atoms with E-state index < -0.39 is 0 Å². The third-order valence-corrected chi connectivity index (χ3v) is 3.41. The molecule has 20 heavy (non-hydrogen) atoms.